The van der Waals surface area contributed by atoms with Crippen molar-refractivity contribution in [2.24, 2.45) is 5.92 Å². The van der Waals surface area contributed by atoms with Crippen LogP contribution in [0, 0.1) is 11.9 Å². The molecule has 1 aromatic heterocycles. The molecular formula is C14H19FN2O. The van der Waals surface area contributed by atoms with E-state index in [2.05, 4.69) is 11.9 Å². The van der Waals surface area contributed by atoms with Gasteiger partial charge in [0, 0.05) is 30.9 Å². The maximum atomic E-state index is 13.0. The maximum Gasteiger partial charge on any atom is 0.254 e. The molecule has 3 nitrogen and oxygen atoms in total. The fraction of sp³-hybridized carbons (Fsp3) is 0.571. The van der Waals surface area contributed by atoms with E-state index in [0.29, 0.717) is 11.5 Å². The van der Waals surface area contributed by atoms with Crippen LogP contribution in [0.1, 0.15) is 43.0 Å². The summed E-state index contributed by atoms with van der Waals surface area (Å²) >= 11 is 0. The molecule has 0 bridgehead atoms. The third kappa shape index (κ3) is 2.86. The minimum atomic E-state index is -0.605. The van der Waals surface area contributed by atoms with Crippen LogP contribution in [-0.4, -0.2) is 28.9 Å². The van der Waals surface area contributed by atoms with Crippen molar-refractivity contribution < 1.29 is 9.18 Å². The zero-order valence-corrected chi connectivity index (χ0v) is 10.9. The van der Waals surface area contributed by atoms with E-state index in [-0.39, 0.29) is 11.9 Å². The summed E-state index contributed by atoms with van der Waals surface area (Å²) in [6.07, 6.45) is 5.81. The molecule has 98 valence electrons. The van der Waals surface area contributed by atoms with Crippen LogP contribution in [0.4, 0.5) is 4.39 Å². The molecule has 1 aromatic rings. The number of rotatable bonds is 2. The zero-order valence-electron chi connectivity index (χ0n) is 10.9. The maximum absolute atomic E-state index is 13.0. The summed E-state index contributed by atoms with van der Waals surface area (Å²) in [6, 6.07) is 3.04. The second-order valence-electron chi connectivity index (χ2n) is 5.21. The molecule has 4 heteroatoms. The van der Waals surface area contributed by atoms with E-state index in [0.717, 1.165) is 19.3 Å². The van der Waals surface area contributed by atoms with Gasteiger partial charge in [-0.2, -0.15) is 4.39 Å². The van der Waals surface area contributed by atoms with Crippen LogP contribution in [-0.2, 0) is 0 Å². The van der Waals surface area contributed by atoms with Gasteiger partial charge in [-0.25, -0.2) is 4.98 Å². The van der Waals surface area contributed by atoms with Crippen LogP contribution < -0.4 is 0 Å². The first-order valence-corrected chi connectivity index (χ1v) is 6.46. The SMILES string of the molecule is CC1CCCC(N(C)C(=O)c2ccnc(F)c2)C1. The van der Waals surface area contributed by atoms with Crippen molar-refractivity contribution in [2.75, 3.05) is 7.05 Å². The van der Waals surface area contributed by atoms with Gasteiger partial charge in [-0.15, -0.1) is 0 Å². The van der Waals surface area contributed by atoms with Gasteiger partial charge in [0.1, 0.15) is 0 Å². The molecule has 0 aromatic carbocycles. The normalized spacial score (nSPS) is 23.7. The van der Waals surface area contributed by atoms with Gasteiger partial charge in [-0.3, -0.25) is 4.79 Å². The molecule has 0 N–H and O–H groups in total. The second kappa shape index (κ2) is 5.46. The van der Waals surface area contributed by atoms with Crippen molar-refractivity contribution in [3.63, 3.8) is 0 Å². The number of nitrogens with zero attached hydrogens (tertiary/aromatic N) is 2. The summed E-state index contributed by atoms with van der Waals surface area (Å²) < 4.78 is 13.0. The molecule has 2 rings (SSSR count). The molecular weight excluding hydrogens is 231 g/mol. The topological polar surface area (TPSA) is 33.2 Å². The van der Waals surface area contributed by atoms with Crippen molar-refractivity contribution in [1.82, 2.24) is 9.88 Å². The van der Waals surface area contributed by atoms with Crippen molar-refractivity contribution in [2.45, 2.75) is 38.6 Å². The Hall–Kier alpha value is -1.45. The predicted molar refractivity (Wildman–Crippen MR) is 67.7 cm³/mol. The van der Waals surface area contributed by atoms with Crippen LogP contribution in [0.15, 0.2) is 18.3 Å². The molecule has 1 fully saturated rings. The first-order valence-electron chi connectivity index (χ1n) is 6.46. The van der Waals surface area contributed by atoms with Gasteiger partial charge in [0.2, 0.25) is 5.95 Å². The average molecular weight is 250 g/mol. The lowest BCUT2D eigenvalue weighted by atomic mass is 9.86. The van der Waals surface area contributed by atoms with Gasteiger partial charge < -0.3 is 4.90 Å². The number of carbonyl (C=O) groups excluding carboxylic acids is 1. The fourth-order valence-electron chi connectivity index (χ4n) is 2.66. The van der Waals surface area contributed by atoms with Crippen LogP contribution in [0.3, 0.4) is 0 Å². The lowest BCUT2D eigenvalue weighted by Gasteiger charge is -2.34. The summed E-state index contributed by atoms with van der Waals surface area (Å²) in [5.74, 6) is -0.0603. The van der Waals surface area contributed by atoms with Gasteiger partial charge in [-0.05, 0) is 24.8 Å². The highest BCUT2D eigenvalue weighted by Crippen LogP contribution is 2.27. The largest absolute Gasteiger partial charge is 0.339 e. The van der Waals surface area contributed by atoms with Crippen LogP contribution in [0.2, 0.25) is 0 Å². The van der Waals surface area contributed by atoms with E-state index < -0.39 is 5.95 Å². The summed E-state index contributed by atoms with van der Waals surface area (Å²) in [5.41, 5.74) is 0.378. The number of carbonyl (C=O) groups is 1. The molecule has 1 heterocycles. The Labute approximate surface area is 107 Å². The molecule has 1 saturated carbocycles. The second-order valence-corrected chi connectivity index (χ2v) is 5.21. The third-order valence-electron chi connectivity index (χ3n) is 3.75. The first-order chi connectivity index (χ1) is 8.58. The Morgan fingerprint density at radius 2 is 2.28 bits per heavy atom. The Morgan fingerprint density at radius 1 is 1.50 bits per heavy atom. The number of pyridine rings is 1. The molecule has 1 aliphatic rings. The Kier molecular flexibility index (Phi) is 3.94. The smallest absolute Gasteiger partial charge is 0.254 e. The molecule has 2 atom stereocenters. The molecule has 1 amide bonds. The van der Waals surface area contributed by atoms with Crippen molar-refractivity contribution in [1.29, 1.82) is 0 Å². The highest BCUT2D eigenvalue weighted by molar-refractivity contribution is 5.94. The fourth-order valence-corrected chi connectivity index (χ4v) is 2.66. The van der Waals surface area contributed by atoms with Crippen molar-refractivity contribution in [3.05, 3.63) is 29.8 Å². The van der Waals surface area contributed by atoms with Crippen molar-refractivity contribution >= 4 is 5.91 Å². The molecule has 18 heavy (non-hydrogen) atoms. The highest BCUT2D eigenvalue weighted by Gasteiger charge is 2.26. The standard InChI is InChI=1S/C14H19FN2O/c1-10-4-3-5-12(8-10)17(2)14(18)11-6-7-16-13(15)9-11/h6-7,9-10,12H,3-5,8H2,1-2H3. The lowest BCUT2D eigenvalue weighted by Crippen LogP contribution is -2.39. The Bertz CT molecular complexity index is 436. The van der Waals surface area contributed by atoms with E-state index >= 15 is 0 Å². The molecule has 0 radical (unpaired) electrons. The van der Waals surface area contributed by atoms with Gasteiger partial charge in [0.05, 0.1) is 0 Å². The van der Waals surface area contributed by atoms with Crippen LogP contribution in [0.25, 0.3) is 0 Å². The van der Waals surface area contributed by atoms with Crippen LogP contribution >= 0.6 is 0 Å². The van der Waals surface area contributed by atoms with E-state index in [1.807, 2.05) is 7.05 Å². The minimum absolute atomic E-state index is 0.115. The van der Waals surface area contributed by atoms with Crippen molar-refractivity contribution in [3.8, 4) is 0 Å². The number of hydrogen-bond donors (Lipinski definition) is 0. The average Bonchev–Trinajstić information content (AvgIpc) is 2.37. The molecule has 1 aliphatic carbocycles. The summed E-state index contributed by atoms with van der Waals surface area (Å²) in [6.45, 7) is 2.22. The van der Waals surface area contributed by atoms with Gasteiger partial charge >= 0.3 is 0 Å². The van der Waals surface area contributed by atoms with E-state index in [4.69, 9.17) is 0 Å². The quantitative estimate of drug-likeness (QED) is 0.756. The number of amides is 1. The summed E-state index contributed by atoms with van der Waals surface area (Å²) in [5, 5.41) is 0. The monoisotopic (exact) mass is 250 g/mol. The number of aromatic nitrogens is 1. The van der Waals surface area contributed by atoms with E-state index in [1.54, 1.807) is 11.0 Å². The minimum Gasteiger partial charge on any atom is -0.339 e. The summed E-state index contributed by atoms with van der Waals surface area (Å²) in [4.78, 5) is 17.5. The Balaban J connectivity index is 2.08. The highest BCUT2D eigenvalue weighted by atomic mass is 19.1. The third-order valence-corrected chi connectivity index (χ3v) is 3.75. The lowest BCUT2D eigenvalue weighted by molar-refractivity contribution is 0.0671. The van der Waals surface area contributed by atoms with Gasteiger partial charge in [-0.1, -0.05) is 19.8 Å². The molecule has 0 aliphatic heterocycles. The predicted octanol–water partition coefficient (Wildman–Crippen LogP) is 2.87. The van der Waals surface area contributed by atoms with Crippen LogP contribution in [0.5, 0.6) is 0 Å². The summed E-state index contributed by atoms with van der Waals surface area (Å²) in [7, 11) is 1.81. The van der Waals surface area contributed by atoms with Gasteiger partial charge in [0.25, 0.3) is 5.91 Å². The Morgan fingerprint density at radius 3 is 2.94 bits per heavy atom. The molecule has 2 unspecified atom stereocenters. The number of halogens is 1. The molecule has 0 spiro atoms. The number of hydrogen-bond acceptors (Lipinski definition) is 2. The first kappa shape index (κ1) is 13.0. The van der Waals surface area contributed by atoms with E-state index in [9.17, 15) is 9.18 Å². The van der Waals surface area contributed by atoms with E-state index in [1.165, 1.54) is 18.7 Å². The van der Waals surface area contributed by atoms with Gasteiger partial charge in [0.15, 0.2) is 0 Å². The molecule has 0 saturated heterocycles. The zero-order chi connectivity index (χ0) is 13.1.